The number of ether oxygens (including phenoxy) is 1. The number of nitrogens with one attached hydrogen (secondary N) is 2. The third kappa shape index (κ3) is 8.46. The predicted molar refractivity (Wildman–Crippen MR) is 190 cm³/mol. The van der Waals surface area contributed by atoms with E-state index < -0.39 is 53.1 Å². The average Bonchev–Trinajstić information content (AvgIpc) is 3.58. The number of unbranched alkanes of at least 4 members (excludes halogenated alkanes) is 1. The molecule has 0 radical (unpaired) electrons. The highest BCUT2D eigenvalue weighted by Crippen LogP contribution is 2.68. The molecule has 4 aliphatic carbocycles. The van der Waals surface area contributed by atoms with Gasteiger partial charge in [0.15, 0.2) is 0 Å². The lowest BCUT2D eigenvalue weighted by molar-refractivity contribution is -0.207. The van der Waals surface area contributed by atoms with Crippen molar-refractivity contribution in [1.29, 1.82) is 0 Å². The van der Waals surface area contributed by atoms with Gasteiger partial charge < -0.3 is 35.5 Å². The largest absolute Gasteiger partial charge is 0.444 e. The van der Waals surface area contributed by atoms with Gasteiger partial charge in [-0.15, -0.1) is 5.06 Å². The fourth-order valence-electron chi connectivity index (χ4n) is 11.0. The van der Waals surface area contributed by atoms with Crippen molar-refractivity contribution in [2.45, 2.75) is 161 Å². The molecule has 1 heterocycles. The van der Waals surface area contributed by atoms with E-state index in [9.17, 15) is 39.3 Å². The lowest BCUT2D eigenvalue weighted by Crippen LogP contribution is -2.62. The van der Waals surface area contributed by atoms with Crippen molar-refractivity contribution in [3.8, 4) is 0 Å². The van der Waals surface area contributed by atoms with E-state index in [1.54, 1.807) is 20.8 Å². The maximum absolute atomic E-state index is 13.4. The topological polar surface area (TPSA) is 192 Å². The monoisotopic (exact) mass is 733 g/mol. The Hall–Kier alpha value is -2.77. The summed E-state index contributed by atoms with van der Waals surface area (Å²) in [6, 6.07) is -1.10. The van der Waals surface area contributed by atoms with Crippen molar-refractivity contribution in [1.82, 2.24) is 15.7 Å². The van der Waals surface area contributed by atoms with Crippen molar-refractivity contribution in [2.75, 3.05) is 6.54 Å². The second-order valence-electron chi connectivity index (χ2n) is 18.1. The molecule has 12 atom stereocenters. The molecule has 1 saturated heterocycles. The predicted octanol–water partition coefficient (Wildman–Crippen LogP) is 4.15. The molecule has 1 aliphatic heterocycles. The molecule has 5 fully saturated rings. The Bertz CT molecular complexity index is 1340. The number of amides is 4. The fraction of sp³-hybridized carbons (Fsp3) is 0.872. The molecule has 0 aromatic heterocycles. The smallest absolute Gasteiger partial charge is 0.407 e. The van der Waals surface area contributed by atoms with E-state index in [-0.39, 0.29) is 78.6 Å². The van der Waals surface area contributed by atoms with Crippen LogP contribution < -0.4 is 10.6 Å². The molecule has 5 N–H and O–H groups in total. The summed E-state index contributed by atoms with van der Waals surface area (Å²) in [6.45, 7) is 12.2. The third-order valence-corrected chi connectivity index (χ3v) is 13.7. The van der Waals surface area contributed by atoms with Crippen LogP contribution in [0.3, 0.4) is 0 Å². The molecular formula is C39H63N3O10. The Labute approximate surface area is 308 Å². The number of carbonyl (C=O) groups excluding carboxylic acids is 5. The summed E-state index contributed by atoms with van der Waals surface area (Å²) in [5.74, 6) is -1.50. The number of fused-ring (bicyclic) bond motifs is 5. The normalized spacial score (nSPS) is 37.0. The van der Waals surface area contributed by atoms with Gasteiger partial charge in [0.1, 0.15) is 11.6 Å². The molecule has 5 aliphatic rings. The van der Waals surface area contributed by atoms with E-state index in [1.165, 1.54) is 0 Å². The molecule has 13 heteroatoms. The summed E-state index contributed by atoms with van der Waals surface area (Å²) in [4.78, 5) is 67.9. The quantitative estimate of drug-likeness (QED) is 0.144. The SMILES string of the molecule is C[C@H](CCC(=O)N[C@H](CCCCNC(=O)OC(C)(C)C)C(=O)ON1C(=O)CCC1=O)[C@H]1CC[C@H]2[C@@H]3[C@H](O)C[C@H]4C[C@H](O)CC[C@]4(C)[C@H]3C[C@H](O)[C@]12C. The van der Waals surface area contributed by atoms with Gasteiger partial charge in [-0.1, -0.05) is 20.8 Å². The molecule has 0 bridgehead atoms. The van der Waals surface area contributed by atoms with Gasteiger partial charge in [-0.05, 0) is 138 Å². The standard InChI is InChI=1S/C39H63N3O10/c1-22(25-11-12-26-34-27(21-30(45)39(25,26)6)38(5)17-16-24(43)19-23(38)20-29(34)44)10-13-31(46)41-28(35(49)52-42-32(47)14-15-33(42)48)9-7-8-18-40-36(50)51-37(2,3)4/h22-30,34,43-45H,7-21H2,1-6H3,(H,40,50)(H,41,46)/t22-,23-,24-,25-,26+,27+,28-,29-,30+,34+,38+,39-/m1/s1. The first-order valence-electron chi connectivity index (χ1n) is 19.7. The number of hydrogen-bond acceptors (Lipinski definition) is 10. The van der Waals surface area contributed by atoms with Gasteiger partial charge >= 0.3 is 12.1 Å². The summed E-state index contributed by atoms with van der Waals surface area (Å²) >= 11 is 0. The number of hydrogen-bond donors (Lipinski definition) is 5. The van der Waals surface area contributed by atoms with E-state index in [2.05, 4.69) is 31.4 Å². The van der Waals surface area contributed by atoms with Crippen molar-refractivity contribution < 1.29 is 48.9 Å². The van der Waals surface area contributed by atoms with Gasteiger partial charge in [0.25, 0.3) is 11.8 Å². The summed E-state index contributed by atoms with van der Waals surface area (Å²) in [5, 5.41) is 39.8. The van der Waals surface area contributed by atoms with E-state index in [4.69, 9.17) is 9.57 Å². The van der Waals surface area contributed by atoms with Crippen LogP contribution in [0, 0.1) is 46.3 Å². The second-order valence-corrected chi connectivity index (χ2v) is 18.1. The molecule has 13 nitrogen and oxygen atoms in total. The zero-order valence-electron chi connectivity index (χ0n) is 32.0. The lowest BCUT2D eigenvalue weighted by Gasteiger charge is -2.63. The Morgan fingerprint density at radius 2 is 1.63 bits per heavy atom. The van der Waals surface area contributed by atoms with E-state index in [1.807, 2.05) is 0 Å². The van der Waals surface area contributed by atoms with Crippen molar-refractivity contribution in [2.24, 2.45) is 46.3 Å². The van der Waals surface area contributed by atoms with Crippen molar-refractivity contribution >= 4 is 29.8 Å². The van der Waals surface area contributed by atoms with Crippen LogP contribution >= 0.6 is 0 Å². The zero-order valence-corrected chi connectivity index (χ0v) is 32.0. The van der Waals surface area contributed by atoms with Crippen LogP contribution in [-0.4, -0.2) is 86.7 Å². The van der Waals surface area contributed by atoms with Gasteiger partial charge in [-0.3, -0.25) is 14.4 Å². The first-order chi connectivity index (χ1) is 24.3. The summed E-state index contributed by atoms with van der Waals surface area (Å²) < 4.78 is 5.25. The number of nitrogens with zero attached hydrogens (tertiary/aromatic N) is 1. The molecule has 4 saturated carbocycles. The first kappa shape index (κ1) is 40.4. The van der Waals surface area contributed by atoms with Crippen LogP contribution in [0.25, 0.3) is 0 Å². The van der Waals surface area contributed by atoms with Gasteiger partial charge in [0, 0.05) is 25.8 Å². The fourth-order valence-corrected chi connectivity index (χ4v) is 11.0. The zero-order chi connectivity index (χ0) is 38.2. The van der Waals surface area contributed by atoms with Gasteiger partial charge in [-0.2, -0.15) is 0 Å². The van der Waals surface area contributed by atoms with Gasteiger partial charge in [0.05, 0.1) is 18.3 Å². The maximum Gasteiger partial charge on any atom is 0.407 e. The molecule has 0 unspecified atom stereocenters. The van der Waals surface area contributed by atoms with Gasteiger partial charge in [0.2, 0.25) is 5.91 Å². The highest BCUT2D eigenvalue weighted by Gasteiger charge is 2.65. The van der Waals surface area contributed by atoms with Crippen LogP contribution in [0.2, 0.25) is 0 Å². The first-order valence-corrected chi connectivity index (χ1v) is 19.7. The highest BCUT2D eigenvalue weighted by molar-refractivity contribution is 6.02. The van der Waals surface area contributed by atoms with Crippen LogP contribution in [0.4, 0.5) is 4.79 Å². The maximum atomic E-state index is 13.4. The number of aliphatic hydroxyl groups is 3. The number of imide groups is 1. The summed E-state index contributed by atoms with van der Waals surface area (Å²) in [7, 11) is 0. The minimum absolute atomic E-state index is 0.00508. The molecule has 294 valence electrons. The summed E-state index contributed by atoms with van der Waals surface area (Å²) in [5.41, 5.74) is -1.04. The molecule has 4 amide bonds. The number of carbonyl (C=O) groups is 5. The number of aliphatic hydroxyl groups excluding tert-OH is 3. The molecule has 5 rings (SSSR count). The van der Waals surface area contributed by atoms with Crippen molar-refractivity contribution in [3.05, 3.63) is 0 Å². The lowest BCUT2D eigenvalue weighted by atomic mass is 9.43. The molecule has 0 aromatic carbocycles. The minimum atomic E-state index is -1.10. The average molecular weight is 734 g/mol. The van der Waals surface area contributed by atoms with E-state index in [0.29, 0.717) is 43.7 Å². The Kier molecular flexibility index (Phi) is 12.4. The van der Waals surface area contributed by atoms with Crippen LogP contribution in [0.1, 0.15) is 131 Å². The van der Waals surface area contributed by atoms with Gasteiger partial charge in [-0.25, -0.2) is 9.59 Å². The highest BCUT2D eigenvalue weighted by atomic mass is 16.7. The van der Waals surface area contributed by atoms with Crippen LogP contribution in [0.15, 0.2) is 0 Å². The number of rotatable bonds is 12. The van der Waals surface area contributed by atoms with Crippen LogP contribution in [-0.2, 0) is 28.8 Å². The van der Waals surface area contributed by atoms with Crippen molar-refractivity contribution in [3.63, 3.8) is 0 Å². The molecular weight excluding hydrogens is 670 g/mol. The summed E-state index contributed by atoms with van der Waals surface area (Å²) in [6.07, 6.45) is 5.37. The Morgan fingerprint density at radius 1 is 0.942 bits per heavy atom. The second kappa shape index (κ2) is 15.9. The number of hydroxylamine groups is 2. The van der Waals surface area contributed by atoms with E-state index in [0.717, 1.165) is 32.1 Å². The number of alkyl carbamates (subject to hydrolysis) is 1. The molecule has 52 heavy (non-hydrogen) atoms. The van der Waals surface area contributed by atoms with Crippen LogP contribution in [0.5, 0.6) is 0 Å². The Balaban J connectivity index is 1.18. The Morgan fingerprint density at radius 3 is 2.31 bits per heavy atom. The molecule has 0 spiro atoms. The third-order valence-electron chi connectivity index (χ3n) is 13.7. The molecule has 0 aromatic rings. The van der Waals surface area contributed by atoms with E-state index >= 15 is 0 Å². The minimum Gasteiger partial charge on any atom is -0.444 e.